The molecule has 1 fully saturated rings. The van der Waals surface area contributed by atoms with E-state index in [1.54, 1.807) is 6.07 Å². The van der Waals surface area contributed by atoms with Crippen molar-refractivity contribution in [2.45, 2.75) is 31.4 Å². The van der Waals surface area contributed by atoms with Crippen molar-refractivity contribution in [1.82, 2.24) is 0 Å². The van der Waals surface area contributed by atoms with Gasteiger partial charge in [-0.25, -0.2) is 0 Å². The van der Waals surface area contributed by atoms with Crippen LogP contribution >= 0.6 is 12.4 Å². The smallest absolute Gasteiger partial charge is 0.428 e. The molecule has 1 aliphatic heterocycles. The number of alkyl halides is 4. The first-order valence-electron chi connectivity index (χ1n) is 6.69. The first kappa shape index (κ1) is 19.0. The van der Waals surface area contributed by atoms with Crippen molar-refractivity contribution >= 4 is 12.4 Å². The molecule has 0 radical (unpaired) electrons. The first-order valence-corrected chi connectivity index (χ1v) is 6.69. The molecule has 22 heavy (non-hydrogen) atoms. The van der Waals surface area contributed by atoms with Gasteiger partial charge in [-0.3, -0.25) is 0 Å². The molecule has 8 heteroatoms. The monoisotopic (exact) mass is 343 g/mol. The van der Waals surface area contributed by atoms with E-state index in [-0.39, 0.29) is 24.1 Å². The summed E-state index contributed by atoms with van der Waals surface area (Å²) in [5, 5.41) is 0. The Morgan fingerprint density at radius 2 is 1.77 bits per heavy atom. The second-order valence-electron chi connectivity index (χ2n) is 4.98. The van der Waals surface area contributed by atoms with Gasteiger partial charge in [0.05, 0.1) is 0 Å². The predicted octanol–water partition coefficient (Wildman–Crippen LogP) is 3.77. The van der Waals surface area contributed by atoms with Gasteiger partial charge in [-0.2, -0.15) is 17.6 Å². The molecule has 1 saturated heterocycles. The number of nitrogens with two attached hydrogens (primary N) is 1. The third-order valence-electron chi connectivity index (χ3n) is 3.55. The van der Waals surface area contributed by atoms with Gasteiger partial charge in [0.1, 0.15) is 5.75 Å². The summed E-state index contributed by atoms with van der Waals surface area (Å²) in [5.74, 6) is -0.259. The van der Waals surface area contributed by atoms with E-state index < -0.39 is 18.6 Å². The van der Waals surface area contributed by atoms with Crippen LogP contribution in [0.3, 0.4) is 0 Å². The quantitative estimate of drug-likeness (QED) is 0.828. The molecule has 2 rings (SSSR count). The van der Waals surface area contributed by atoms with E-state index in [1.165, 1.54) is 18.2 Å². The molecule has 126 valence electrons. The Hall–Kier alpha value is -1.05. The molecule has 0 spiro atoms. The van der Waals surface area contributed by atoms with Gasteiger partial charge in [0.15, 0.2) is 0 Å². The second-order valence-corrected chi connectivity index (χ2v) is 4.98. The van der Waals surface area contributed by atoms with Gasteiger partial charge in [-0.15, -0.1) is 12.4 Å². The van der Waals surface area contributed by atoms with Gasteiger partial charge in [0, 0.05) is 24.8 Å². The molecule has 0 unspecified atom stereocenters. The zero-order valence-corrected chi connectivity index (χ0v) is 12.5. The van der Waals surface area contributed by atoms with Gasteiger partial charge in [-0.1, -0.05) is 18.2 Å². The molecule has 2 N–H and O–H groups in total. The lowest BCUT2D eigenvalue weighted by atomic mass is 9.87. The molecule has 1 heterocycles. The number of benzene rings is 1. The van der Waals surface area contributed by atoms with Crippen LogP contribution in [0.25, 0.3) is 0 Å². The Bertz CT molecular complexity index is 470. The first-order chi connectivity index (χ1) is 9.92. The van der Waals surface area contributed by atoms with Crippen LogP contribution in [0.5, 0.6) is 5.75 Å². The van der Waals surface area contributed by atoms with Crippen LogP contribution in [-0.2, 0) is 4.74 Å². The maximum atomic E-state index is 13.1. The highest BCUT2D eigenvalue weighted by Crippen LogP contribution is 2.36. The summed E-state index contributed by atoms with van der Waals surface area (Å²) in [5.41, 5.74) is 6.41. The van der Waals surface area contributed by atoms with Gasteiger partial charge in [-0.05, 0) is 24.8 Å². The van der Waals surface area contributed by atoms with Crippen molar-refractivity contribution in [2.75, 3.05) is 13.2 Å². The Morgan fingerprint density at radius 1 is 1.18 bits per heavy atom. The topological polar surface area (TPSA) is 44.5 Å². The molecule has 1 atom stereocenters. The number of para-hydroxylation sites is 1. The molecule has 1 aromatic carbocycles. The molecule has 1 aromatic rings. The fraction of sp³-hybridized carbons (Fsp3) is 0.571. The largest absolute Gasteiger partial charge is 0.461 e. The molecule has 1 aliphatic rings. The summed E-state index contributed by atoms with van der Waals surface area (Å²) in [7, 11) is 0. The molecule has 0 amide bonds. The standard InChI is InChI=1S/C14H17F4NO2.ClH/c15-13(16)14(17,18)21-11-4-2-1-3-10(11)12(19)9-5-7-20-8-6-9;/h1-4,9,12-13H,5-8,19H2;1H/t12-;/m1./s1. The fourth-order valence-electron chi connectivity index (χ4n) is 2.37. The maximum absolute atomic E-state index is 13.1. The van der Waals surface area contributed by atoms with Crippen LogP contribution in [0.4, 0.5) is 17.6 Å². The van der Waals surface area contributed by atoms with Crippen molar-refractivity contribution in [2.24, 2.45) is 11.7 Å². The molecular weight excluding hydrogens is 326 g/mol. The average molecular weight is 344 g/mol. The van der Waals surface area contributed by atoms with E-state index in [1.807, 2.05) is 0 Å². The van der Waals surface area contributed by atoms with Crippen LogP contribution < -0.4 is 10.5 Å². The zero-order chi connectivity index (χ0) is 15.5. The molecule has 0 aliphatic carbocycles. The zero-order valence-electron chi connectivity index (χ0n) is 11.7. The van der Waals surface area contributed by atoms with Crippen molar-refractivity contribution < 1.29 is 27.0 Å². The van der Waals surface area contributed by atoms with Crippen LogP contribution in [-0.4, -0.2) is 25.7 Å². The van der Waals surface area contributed by atoms with Crippen molar-refractivity contribution in [3.8, 4) is 5.75 Å². The molecule has 0 aromatic heterocycles. The van der Waals surface area contributed by atoms with Gasteiger partial charge < -0.3 is 15.2 Å². The SMILES string of the molecule is Cl.N[C@@H](c1ccccc1OC(F)(F)C(F)F)C1CCOCC1. The Balaban J connectivity index is 0.00000242. The minimum absolute atomic E-state index is 0. The molecular formula is C14H18ClF4NO2. The van der Waals surface area contributed by atoms with Crippen molar-refractivity contribution in [3.63, 3.8) is 0 Å². The summed E-state index contributed by atoms with van der Waals surface area (Å²) in [6, 6.07) is 5.25. The number of ether oxygens (including phenoxy) is 2. The summed E-state index contributed by atoms with van der Waals surface area (Å²) < 4.78 is 60.1. The van der Waals surface area contributed by atoms with E-state index in [9.17, 15) is 17.6 Å². The van der Waals surface area contributed by atoms with Crippen LogP contribution in [0.2, 0.25) is 0 Å². The lowest BCUT2D eigenvalue weighted by Gasteiger charge is -2.29. The normalized spacial score (nSPS) is 17.9. The number of rotatable bonds is 5. The number of hydrogen-bond acceptors (Lipinski definition) is 3. The lowest BCUT2D eigenvalue weighted by Crippen LogP contribution is -2.34. The number of halogens is 5. The molecule has 0 bridgehead atoms. The Kier molecular flexibility index (Phi) is 6.90. The second kappa shape index (κ2) is 7.99. The summed E-state index contributed by atoms with van der Waals surface area (Å²) in [6.45, 7) is 1.10. The number of hydrogen-bond donors (Lipinski definition) is 1. The lowest BCUT2D eigenvalue weighted by molar-refractivity contribution is -0.253. The third kappa shape index (κ3) is 4.47. The van der Waals surface area contributed by atoms with Crippen LogP contribution in [0.15, 0.2) is 24.3 Å². The minimum atomic E-state index is -4.54. The van der Waals surface area contributed by atoms with E-state index in [0.717, 1.165) is 0 Å². The van der Waals surface area contributed by atoms with E-state index in [2.05, 4.69) is 4.74 Å². The summed E-state index contributed by atoms with van der Waals surface area (Å²) in [6.07, 6.45) is -7.04. The molecule has 0 saturated carbocycles. The highest BCUT2D eigenvalue weighted by Gasteiger charge is 2.44. The van der Waals surface area contributed by atoms with Crippen molar-refractivity contribution in [3.05, 3.63) is 29.8 Å². The average Bonchev–Trinajstić information content (AvgIpc) is 2.47. The van der Waals surface area contributed by atoms with Crippen LogP contribution in [0.1, 0.15) is 24.4 Å². The highest BCUT2D eigenvalue weighted by molar-refractivity contribution is 5.85. The summed E-state index contributed by atoms with van der Waals surface area (Å²) in [4.78, 5) is 0. The Morgan fingerprint density at radius 3 is 2.36 bits per heavy atom. The van der Waals surface area contributed by atoms with Crippen molar-refractivity contribution in [1.29, 1.82) is 0 Å². The summed E-state index contributed by atoms with van der Waals surface area (Å²) >= 11 is 0. The van der Waals surface area contributed by atoms with Crippen LogP contribution in [0, 0.1) is 5.92 Å². The van der Waals surface area contributed by atoms with Gasteiger partial charge in [0.25, 0.3) is 0 Å². The minimum Gasteiger partial charge on any atom is -0.428 e. The third-order valence-corrected chi connectivity index (χ3v) is 3.55. The van der Waals surface area contributed by atoms with E-state index >= 15 is 0 Å². The predicted molar refractivity (Wildman–Crippen MR) is 75.7 cm³/mol. The highest BCUT2D eigenvalue weighted by atomic mass is 35.5. The Labute approximate surface area is 132 Å². The van der Waals surface area contributed by atoms with E-state index in [4.69, 9.17) is 10.5 Å². The fourth-order valence-corrected chi connectivity index (χ4v) is 2.37. The van der Waals surface area contributed by atoms with Gasteiger partial charge >= 0.3 is 12.5 Å². The van der Waals surface area contributed by atoms with Gasteiger partial charge in [0.2, 0.25) is 0 Å². The van der Waals surface area contributed by atoms with E-state index in [0.29, 0.717) is 31.6 Å². The maximum Gasteiger partial charge on any atom is 0.461 e. The molecule has 3 nitrogen and oxygen atoms in total.